The molecule has 1 N–H and O–H groups in total. The van der Waals surface area contributed by atoms with Crippen LogP contribution in [-0.4, -0.2) is 46.0 Å². The summed E-state index contributed by atoms with van der Waals surface area (Å²) in [6, 6.07) is 7.72. The quantitative estimate of drug-likeness (QED) is 0.787. The molecule has 0 spiro atoms. The number of unbranched alkanes of at least 4 members (excludes halogenated alkanes) is 1. The summed E-state index contributed by atoms with van der Waals surface area (Å²) in [6.45, 7) is 5.09. The summed E-state index contributed by atoms with van der Waals surface area (Å²) < 4.78 is 11.4. The first-order chi connectivity index (χ1) is 11.7. The second-order valence-corrected chi connectivity index (χ2v) is 6.26. The molecule has 1 aromatic heterocycles. The minimum atomic E-state index is -0.249. The van der Waals surface area contributed by atoms with Gasteiger partial charge in [0, 0.05) is 12.1 Å². The van der Waals surface area contributed by atoms with Crippen molar-refractivity contribution < 1.29 is 14.3 Å². The minimum Gasteiger partial charge on any atom is -0.494 e. The number of aromatic nitrogens is 2. The summed E-state index contributed by atoms with van der Waals surface area (Å²) in [5.74, 6) is 1.96. The highest BCUT2D eigenvalue weighted by atomic mass is 16.5. The number of ether oxygens (including phenoxy) is 1. The van der Waals surface area contributed by atoms with E-state index in [1.165, 1.54) is 0 Å². The van der Waals surface area contributed by atoms with Crippen LogP contribution in [-0.2, 0) is 6.54 Å². The van der Waals surface area contributed by atoms with Gasteiger partial charge in [0.15, 0.2) is 0 Å². The Balaban J connectivity index is 1.58. The molecular weight excluding hydrogens is 306 g/mol. The van der Waals surface area contributed by atoms with Gasteiger partial charge < -0.3 is 14.3 Å². The largest absolute Gasteiger partial charge is 0.494 e. The third-order valence-electron chi connectivity index (χ3n) is 4.17. The molecule has 2 aromatic rings. The van der Waals surface area contributed by atoms with Gasteiger partial charge in [-0.15, -0.1) is 10.2 Å². The number of rotatable bonds is 7. The molecule has 1 fully saturated rings. The first kappa shape index (κ1) is 16.9. The highest BCUT2D eigenvalue weighted by molar-refractivity contribution is 5.53. The van der Waals surface area contributed by atoms with Gasteiger partial charge in [-0.2, -0.15) is 0 Å². The molecule has 3 rings (SSSR count). The zero-order valence-electron chi connectivity index (χ0n) is 14.1. The third-order valence-corrected chi connectivity index (χ3v) is 4.17. The fourth-order valence-corrected chi connectivity index (χ4v) is 2.83. The van der Waals surface area contributed by atoms with Gasteiger partial charge in [0.05, 0.1) is 19.3 Å². The van der Waals surface area contributed by atoms with Crippen molar-refractivity contribution in [3.05, 3.63) is 30.2 Å². The number of hydrogen-bond acceptors (Lipinski definition) is 6. The van der Waals surface area contributed by atoms with Gasteiger partial charge >= 0.3 is 0 Å². The van der Waals surface area contributed by atoms with E-state index in [0.717, 1.165) is 50.1 Å². The fraction of sp³-hybridized carbons (Fsp3) is 0.556. The maximum absolute atomic E-state index is 9.72. The minimum absolute atomic E-state index is 0.249. The summed E-state index contributed by atoms with van der Waals surface area (Å²) in [5.41, 5.74) is 0.885. The summed E-state index contributed by atoms with van der Waals surface area (Å²) in [5, 5.41) is 18.0. The summed E-state index contributed by atoms with van der Waals surface area (Å²) in [4.78, 5) is 2.15. The normalized spacial score (nSPS) is 18.7. The highest BCUT2D eigenvalue weighted by Crippen LogP contribution is 2.22. The predicted octanol–water partition coefficient (Wildman–Crippen LogP) is 2.87. The van der Waals surface area contributed by atoms with Crippen molar-refractivity contribution in [2.24, 2.45) is 0 Å². The molecule has 0 bridgehead atoms. The molecule has 0 radical (unpaired) electrons. The monoisotopic (exact) mass is 331 g/mol. The summed E-state index contributed by atoms with van der Waals surface area (Å²) >= 11 is 0. The molecule has 6 heteroatoms. The van der Waals surface area contributed by atoms with Gasteiger partial charge in [-0.3, -0.25) is 4.90 Å². The van der Waals surface area contributed by atoms with Crippen LogP contribution in [0.1, 0.15) is 38.5 Å². The molecule has 24 heavy (non-hydrogen) atoms. The Morgan fingerprint density at radius 3 is 2.88 bits per heavy atom. The van der Waals surface area contributed by atoms with Crippen LogP contribution in [0.25, 0.3) is 11.5 Å². The van der Waals surface area contributed by atoms with Crippen molar-refractivity contribution >= 4 is 0 Å². The van der Waals surface area contributed by atoms with Crippen molar-refractivity contribution in [1.82, 2.24) is 15.1 Å². The second-order valence-electron chi connectivity index (χ2n) is 6.26. The molecule has 1 aliphatic heterocycles. The Morgan fingerprint density at radius 2 is 2.12 bits per heavy atom. The van der Waals surface area contributed by atoms with E-state index >= 15 is 0 Å². The number of piperidine rings is 1. The first-order valence-electron chi connectivity index (χ1n) is 8.70. The van der Waals surface area contributed by atoms with Crippen LogP contribution < -0.4 is 4.74 Å². The lowest BCUT2D eigenvalue weighted by molar-refractivity contribution is 0.0625. The van der Waals surface area contributed by atoms with E-state index in [1.807, 2.05) is 24.3 Å². The van der Waals surface area contributed by atoms with Crippen LogP contribution in [0, 0.1) is 0 Å². The van der Waals surface area contributed by atoms with Crippen LogP contribution in [0.3, 0.4) is 0 Å². The van der Waals surface area contributed by atoms with E-state index in [4.69, 9.17) is 9.15 Å². The molecule has 1 saturated heterocycles. The Bertz CT molecular complexity index is 627. The molecule has 6 nitrogen and oxygen atoms in total. The molecule has 1 atom stereocenters. The van der Waals surface area contributed by atoms with Gasteiger partial charge in [0.1, 0.15) is 5.75 Å². The maximum Gasteiger partial charge on any atom is 0.247 e. The van der Waals surface area contributed by atoms with Gasteiger partial charge in [-0.1, -0.05) is 13.3 Å². The lowest BCUT2D eigenvalue weighted by atomic mass is 10.1. The number of aliphatic hydroxyl groups excluding tert-OH is 1. The zero-order valence-corrected chi connectivity index (χ0v) is 14.1. The van der Waals surface area contributed by atoms with E-state index in [0.29, 0.717) is 24.9 Å². The molecule has 1 unspecified atom stereocenters. The molecule has 130 valence electrons. The molecule has 0 aliphatic carbocycles. The van der Waals surface area contributed by atoms with Gasteiger partial charge in [-0.05, 0) is 50.1 Å². The van der Waals surface area contributed by atoms with Crippen LogP contribution in [0.4, 0.5) is 0 Å². The van der Waals surface area contributed by atoms with E-state index in [9.17, 15) is 5.11 Å². The van der Waals surface area contributed by atoms with Crippen LogP contribution in [0.5, 0.6) is 5.75 Å². The van der Waals surface area contributed by atoms with Crippen molar-refractivity contribution in [2.75, 3.05) is 19.7 Å². The van der Waals surface area contributed by atoms with Crippen molar-refractivity contribution in [3.8, 4) is 17.2 Å². The topological polar surface area (TPSA) is 71.6 Å². The lowest BCUT2D eigenvalue weighted by Gasteiger charge is -2.28. The lowest BCUT2D eigenvalue weighted by Crippen LogP contribution is -2.37. The van der Waals surface area contributed by atoms with Crippen molar-refractivity contribution in [3.63, 3.8) is 0 Å². The number of hydrogen-bond donors (Lipinski definition) is 1. The summed E-state index contributed by atoms with van der Waals surface area (Å²) in [6.07, 6.45) is 3.80. The fourth-order valence-electron chi connectivity index (χ4n) is 2.83. The average molecular weight is 331 g/mol. The number of benzene rings is 1. The van der Waals surface area contributed by atoms with Gasteiger partial charge in [0.25, 0.3) is 0 Å². The van der Waals surface area contributed by atoms with Crippen LogP contribution in [0.2, 0.25) is 0 Å². The predicted molar refractivity (Wildman–Crippen MR) is 90.7 cm³/mol. The Labute approximate surface area is 142 Å². The highest BCUT2D eigenvalue weighted by Gasteiger charge is 2.20. The number of aliphatic hydroxyl groups is 1. The summed E-state index contributed by atoms with van der Waals surface area (Å²) in [7, 11) is 0. The van der Waals surface area contributed by atoms with Gasteiger partial charge in [-0.25, -0.2) is 0 Å². The van der Waals surface area contributed by atoms with Crippen molar-refractivity contribution in [2.45, 2.75) is 45.3 Å². The number of β-amino-alcohol motifs (C(OH)–C–C–N with tert-alkyl or cyclic N) is 1. The second kappa shape index (κ2) is 8.26. The third kappa shape index (κ3) is 4.55. The Morgan fingerprint density at radius 1 is 1.29 bits per heavy atom. The Hall–Kier alpha value is -1.92. The number of nitrogens with zero attached hydrogens (tertiary/aromatic N) is 3. The molecule has 0 amide bonds. The molecular formula is C18H25N3O3. The van der Waals surface area contributed by atoms with Gasteiger partial charge in [0.2, 0.25) is 11.8 Å². The smallest absolute Gasteiger partial charge is 0.247 e. The maximum atomic E-state index is 9.72. The Kier molecular flexibility index (Phi) is 5.82. The first-order valence-corrected chi connectivity index (χ1v) is 8.70. The SMILES string of the molecule is CCCCOc1ccc(-c2nnc(CN3CCCC(O)C3)o2)cc1. The molecule has 0 saturated carbocycles. The molecule has 1 aromatic carbocycles. The van der Waals surface area contributed by atoms with Crippen LogP contribution >= 0.6 is 0 Å². The standard InChI is InChI=1S/C18H25N3O3/c1-2-3-11-23-16-8-6-14(7-9-16)18-20-19-17(24-18)13-21-10-4-5-15(22)12-21/h6-9,15,22H,2-5,10-13H2,1H3. The molecule has 2 heterocycles. The number of likely N-dealkylation sites (tertiary alicyclic amines) is 1. The van der Waals surface area contributed by atoms with E-state index in [-0.39, 0.29) is 6.10 Å². The van der Waals surface area contributed by atoms with E-state index in [1.54, 1.807) is 0 Å². The van der Waals surface area contributed by atoms with E-state index < -0.39 is 0 Å². The average Bonchev–Trinajstić information content (AvgIpc) is 3.04. The zero-order chi connectivity index (χ0) is 16.8. The van der Waals surface area contributed by atoms with Crippen LogP contribution in [0.15, 0.2) is 28.7 Å². The van der Waals surface area contributed by atoms with Crippen molar-refractivity contribution in [1.29, 1.82) is 0 Å². The molecule has 1 aliphatic rings. The van der Waals surface area contributed by atoms with E-state index in [2.05, 4.69) is 22.0 Å².